The van der Waals surface area contributed by atoms with Crippen molar-refractivity contribution in [3.8, 4) is 0 Å². The first kappa shape index (κ1) is 9.56. The lowest BCUT2D eigenvalue weighted by Crippen LogP contribution is -2.32. The van der Waals surface area contributed by atoms with Crippen molar-refractivity contribution in [1.29, 1.82) is 0 Å². The van der Waals surface area contributed by atoms with Crippen LogP contribution in [0, 0.1) is 0 Å². The van der Waals surface area contributed by atoms with Crippen LogP contribution in [0.3, 0.4) is 0 Å². The molecule has 0 spiro atoms. The van der Waals surface area contributed by atoms with E-state index in [0.717, 1.165) is 11.8 Å². The Morgan fingerprint density at radius 3 is 1.67 bits per heavy atom. The average Bonchev–Trinajstić information content (AvgIpc) is 1.90. The second kappa shape index (κ2) is 3.08. The predicted octanol–water partition coefficient (Wildman–Crippen LogP) is 3.25. The monoisotopic (exact) mass is 183 g/mol. The van der Waals surface area contributed by atoms with Crippen LogP contribution in [-0.4, -0.2) is 0 Å². The molecule has 2 aliphatic rings. The minimum atomic E-state index is 0. The zero-order valence-corrected chi connectivity index (χ0v) is 7.81. The van der Waals surface area contributed by atoms with Gasteiger partial charge < -0.3 is 6.15 Å². The standard InChI is InChI=1S/C10H10.ClH.H3N/c1-2-4-8-7(3-1)9-5-6-10(8)9;;/h1-4,9-10H,5-6H2;1H;1H3. The summed E-state index contributed by atoms with van der Waals surface area (Å²) in [4.78, 5) is 0. The van der Waals surface area contributed by atoms with E-state index in [4.69, 9.17) is 0 Å². The summed E-state index contributed by atoms with van der Waals surface area (Å²) in [5, 5.41) is 0. The van der Waals surface area contributed by atoms with E-state index in [1.807, 2.05) is 0 Å². The van der Waals surface area contributed by atoms with Crippen LogP contribution in [0.1, 0.15) is 35.8 Å². The zero-order valence-electron chi connectivity index (χ0n) is 6.99. The predicted molar refractivity (Wildman–Crippen MR) is 53.4 cm³/mol. The topological polar surface area (TPSA) is 35.0 Å². The minimum absolute atomic E-state index is 0. The maximum atomic E-state index is 2.29. The highest BCUT2D eigenvalue weighted by atomic mass is 35.5. The SMILES string of the molecule is Cl.N.c1ccc2c(c1)C1CCC21. The molecule has 2 unspecified atom stereocenters. The second-order valence-corrected chi connectivity index (χ2v) is 3.42. The van der Waals surface area contributed by atoms with Crippen LogP contribution in [0.5, 0.6) is 0 Å². The Labute approximate surface area is 79.2 Å². The van der Waals surface area contributed by atoms with Gasteiger partial charge in [-0.05, 0) is 35.8 Å². The highest BCUT2D eigenvalue weighted by molar-refractivity contribution is 5.85. The van der Waals surface area contributed by atoms with Crippen molar-refractivity contribution in [1.82, 2.24) is 6.15 Å². The van der Waals surface area contributed by atoms with Gasteiger partial charge in [-0.25, -0.2) is 0 Å². The molecule has 66 valence electrons. The molecule has 0 amide bonds. The van der Waals surface area contributed by atoms with Crippen molar-refractivity contribution in [3.05, 3.63) is 35.4 Å². The molecule has 0 aromatic heterocycles. The minimum Gasteiger partial charge on any atom is -0.344 e. The summed E-state index contributed by atoms with van der Waals surface area (Å²) in [6.07, 6.45) is 2.89. The van der Waals surface area contributed by atoms with Crippen molar-refractivity contribution in [2.24, 2.45) is 0 Å². The molecule has 1 aromatic rings. The molecule has 3 N–H and O–H groups in total. The molecule has 1 nitrogen and oxygen atoms in total. The molecule has 2 aliphatic carbocycles. The highest BCUT2D eigenvalue weighted by Crippen LogP contribution is 2.59. The van der Waals surface area contributed by atoms with Gasteiger partial charge in [0.15, 0.2) is 0 Å². The van der Waals surface area contributed by atoms with Gasteiger partial charge in [-0.15, -0.1) is 12.4 Å². The molecule has 1 saturated carbocycles. The van der Waals surface area contributed by atoms with Crippen molar-refractivity contribution < 1.29 is 0 Å². The van der Waals surface area contributed by atoms with E-state index >= 15 is 0 Å². The van der Waals surface area contributed by atoms with Crippen LogP contribution in [0.2, 0.25) is 0 Å². The summed E-state index contributed by atoms with van der Waals surface area (Å²) in [7, 11) is 0. The van der Waals surface area contributed by atoms with E-state index in [0.29, 0.717) is 0 Å². The molecule has 3 rings (SSSR count). The van der Waals surface area contributed by atoms with Gasteiger partial charge in [0.25, 0.3) is 0 Å². The van der Waals surface area contributed by atoms with E-state index in [1.165, 1.54) is 12.8 Å². The number of hydrogen-bond donors (Lipinski definition) is 1. The van der Waals surface area contributed by atoms with Crippen LogP contribution in [0.15, 0.2) is 24.3 Å². The lowest BCUT2D eigenvalue weighted by Gasteiger charge is -2.48. The summed E-state index contributed by atoms with van der Waals surface area (Å²) in [5.74, 6) is 1.94. The first-order chi connectivity index (χ1) is 4.97. The summed E-state index contributed by atoms with van der Waals surface area (Å²) in [6.45, 7) is 0. The summed E-state index contributed by atoms with van der Waals surface area (Å²) < 4.78 is 0. The molecular weight excluding hydrogens is 170 g/mol. The van der Waals surface area contributed by atoms with Crippen LogP contribution in [0.4, 0.5) is 0 Å². The number of fused-ring (bicyclic) bond motifs is 4. The van der Waals surface area contributed by atoms with E-state index in [2.05, 4.69) is 24.3 Å². The Morgan fingerprint density at radius 1 is 0.917 bits per heavy atom. The Bertz CT molecular complexity index is 256. The molecule has 0 radical (unpaired) electrons. The van der Waals surface area contributed by atoms with Crippen molar-refractivity contribution >= 4 is 12.4 Å². The molecular formula is C10H14ClN. The number of rotatable bonds is 0. The van der Waals surface area contributed by atoms with Gasteiger partial charge in [0.2, 0.25) is 0 Å². The second-order valence-electron chi connectivity index (χ2n) is 3.42. The van der Waals surface area contributed by atoms with Crippen LogP contribution < -0.4 is 6.15 Å². The molecule has 0 heterocycles. The van der Waals surface area contributed by atoms with Crippen LogP contribution >= 0.6 is 12.4 Å². The molecule has 2 atom stereocenters. The fraction of sp³-hybridized carbons (Fsp3) is 0.400. The van der Waals surface area contributed by atoms with Gasteiger partial charge >= 0.3 is 0 Å². The average molecular weight is 184 g/mol. The van der Waals surface area contributed by atoms with E-state index in [9.17, 15) is 0 Å². The molecule has 1 aromatic carbocycles. The van der Waals surface area contributed by atoms with Gasteiger partial charge in [-0.2, -0.15) is 0 Å². The van der Waals surface area contributed by atoms with Crippen LogP contribution in [-0.2, 0) is 0 Å². The third kappa shape index (κ3) is 0.900. The first-order valence-corrected chi connectivity index (χ1v) is 4.05. The summed E-state index contributed by atoms with van der Waals surface area (Å²) in [6, 6.07) is 8.89. The fourth-order valence-corrected chi connectivity index (χ4v) is 2.33. The van der Waals surface area contributed by atoms with Gasteiger partial charge in [-0.3, -0.25) is 0 Å². The number of hydrogen-bond acceptors (Lipinski definition) is 1. The molecule has 0 saturated heterocycles. The van der Waals surface area contributed by atoms with Gasteiger partial charge in [0.05, 0.1) is 0 Å². The number of benzene rings is 1. The molecule has 1 fully saturated rings. The van der Waals surface area contributed by atoms with Crippen molar-refractivity contribution in [3.63, 3.8) is 0 Å². The molecule has 0 aliphatic heterocycles. The Morgan fingerprint density at radius 2 is 1.33 bits per heavy atom. The Balaban J connectivity index is 0.000000360. The molecule has 12 heavy (non-hydrogen) atoms. The van der Waals surface area contributed by atoms with E-state index in [1.54, 1.807) is 11.1 Å². The fourth-order valence-electron chi connectivity index (χ4n) is 2.33. The maximum Gasteiger partial charge on any atom is -0.00899 e. The maximum absolute atomic E-state index is 2.29. The van der Waals surface area contributed by atoms with Crippen LogP contribution in [0.25, 0.3) is 0 Å². The molecule has 2 heteroatoms. The third-order valence-corrected chi connectivity index (χ3v) is 3.07. The highest BCUT2D eigenvalue weighted by Gasteiger charge is 2.43. The largest absolute Gasteiger partial charge is 0.344 e. The lowest BCUT2D eigenvalue weighted by molar-refractivity contribution is 0.294. The zero-order chi connectivity index (χ0) is 6.55. The Kier molecular flexibility index (Phi) is 2.45. The summed E-state index contributed by atoms with van der Waals surface area (Å²) >= 11 is 0. The third-order valence-electron chi connectivity index (χ3n) is 3.07. The Hall–Kier alpha value is -0.530. The first-order valence-electron chi connectivity index (χ1n) is 4.05. The van der Waals surface area contributed by atoms with Crippen molar-refractivity contribution in [2.75, 3.05) is 0 Å². The van der Waals surface area contributed by atoms with E-state index < -0.39 is 0 Å². The van der Waals surface area contributed by atoms with Crippen molar-refractivity contribution in [2.45, 2.75) is 24.7 Å². The van der Waals surface area contributed by atoms with Gasteiger partial charge in [0, 0.05) is 0 Å². The molecule has 0 bridgehead atoms. The lowest BCUT2D eigenvalue weighted by atomic mass is 9.56. The smallest absolute Gasteiger partial charge is 0.00899 e. The normalized spacial score (nSPS) is 27.7. The number of halogens is 1. The quantitative estimate of drug-likeness (QED) is 0.659. The van der Waals surface area contributed by atoms with Gasteiger partial charge in [0.1, 0.15) is 0 Å². The van der Waals surface area contributed by atoms with E-state index in [-0.39, 0.29) is 18.6 Å². The van der Waals surface area contributed by atoms with Gasteiger partial charge in [-0.1, -0.05) is 24.3 Å². The summed E-state index contributed by atoms with van der Waals surface area (Å²) in [5.41, 5.74) is 3.28.